The van der Waals surface area contributed by atoms with Gasteiger partial charge in [-0.25, -0.2) is 4.98 Å². The van der Waals surface area contributed by atoms with Gasteiger partial charge in [-0.15, -0.1) is 0 Å². The summed E-state index contributed by atoms with van der Waals surface area (Å²) in [5.41, 5.74) is 0.561. The van der Waals surface area contributed by atoms with Crippen LogP contribution in [0.2, 0.25) is 5.02 Å². The molecule has 7 heteroatoms. The molecule has 2 rings (SSSR count). The van der Waals surface area contributed by atoms with Crippen molar-refractivity contribution in [2.45, 2.75) is 13.5 Å². The number of carbonyl (C=O) groups excluding carboxylic acids is 1. The first-order valence-corrected chi connectivity index (χ1v) is 6.73. The Hall–Kier alpha value is -1.40. The summed E-state index contributed by atoms with van der Waals surface area (Å²) in [6, 6.07) is 5.07. The fourth-order valence-electron chi connectivity index (χ4n) is 1.59. The Morgan fingerprint density at radius 1 is 1.53 bits per heavy atom. The Morgan fingerprint density at radius 2 is 2.26 bits per heavy atom. The SMILES string of the molecule is Cc1nc(CN(C)C(=O)c2ccc(Cl)c(Br)c2)n[nH]1. The molecule has 0 spiro atoms. The number of amides is 1. The standard InChI is InChI=1S/C12H12BrClN4O/c1-7-15-11(17-16-7)6-18(2)12(19)8-3-4-10(14)9(13)5-8/h3-5H,6H2,1-2H3,(H,15,16,17). The van der Waals surface area contributed by atoms with Crippen LogP contribution in [-0.4, -0.2) is 33.0 Å². The van der Waals surface area contributed by atoms with Crippen LogP contribution in [-0.2, 0) is 6.54 Å². The van der Waals surface area contributed by atoms with Crippen LogP contribution in [0, 0.1) is 6.92 Å². The largest absolute Gasteiger partial charge is 0.334 e. The highest BCUT2D eigenvalue weighted by atomic mass is 79.9. The van der Waals surface area contributed by atoms with E-state index in [2.05, 4.69) is 31.1 Å². The fourth-order valence-corrected chi connectivity index (χ4v) is 2.09. The van der Waals surface area contributed by atoms with E-state index in [-0.39, 0.29) is 5.91 Å². The molecule has 0 aliphatic carbocycles. The zero-order chi connectivity index (χ0) is 14.0. The summed E-state index contributed by atoms with van der Waals surface area (Å²) in [4.78, 5) is 17.9. The number of hydrogen-bond donors (Lipinski definition) is 1. The molecule has 100 valence electrons. The minimum atomic E-state index is -0.111. The second kappa shape index (κ2) is 5.71. The van der Waals surface area contributed by atoms with E-state index in [9.17, 15) is 4.79 Å². The number of aromatic nitrogens is 3. The molecule has 0 aliphatic heterocycles. The zero-order valence-corrected chi connectivity index (χ0v) is 12.8. The number of H-pyrrole nitrogens is 1. The molecule has 1 N–H and O–H groups in total. The van der Waals surface area contributed by atoms with Crippen LogP contribution in [0.5, 0.6) is 0 Å². The van der Waals surface area contributed by atoms with Crippen molar-refractivity contribution in [1.82, 2.24) is 20.1 Å². The van der Waals surface area contributed by atoms with Crippen molar-refractivity contribution >= 4 is 33.4 Å². The Labute approximate surface area is 124 Å². The molecule has 1 aromatic carbocycles. The van der Waals surface area contributed by atoms with E-state index >= 15 is 0 Å². The molecule has 19 heavy (non-hydrogen) atoms. The zero-order valence-electron chi connectivity index (χ0n) is 10.4. The third kappa shape index (κ3) is 3.33. The highest BCUT2D eigenvalue weighted by molar-refractivity contribution is 9.10. The smallest absolute Gasteiger partial charge is 0.254 e. The average Bonchev–Trinajstić information content (AvgIpc) is 2.77. The topological polar surface area (TPSA) is 61.9 Å². The summed E-state index contributed by atoms with van der Waals surface area (Å²) in [5.74, 6) is 1.20. The van der Waals surface area contributed by atoms with Crippen molar-refractivity contribution in [2.75, 3.05) is 7.05 Å². The molecule has 1 aromatic heterocycles. The van der Waals surface area contributed by atoms with Crippen LogP contribution in [0.3, 0.4) is 0 Å². The lowest BCUT2D eigenvalue weighted by atomic mass is 10.2. The van der Waals surface area contributed by atoms with E-state index in [0.29, 0.717) is 27.4 Å². The van der Waals surface area contributed by atoms with Gasteiger partial charge in [0.05, 0.1) is 11.6 Å². The fraction of sp³-hybridized carbons (Fsp3) is 0.250. The summed E-state index contributed by atoms with van der Waals surface area (Å²) in [6.07, 6.45) is 0. The predicted octanol–water partition coefficient (Wildman–Crippen LogP) is 2.80. The van der Waals surface area contributed by atoms with Gasteiger partial charge in [-0.2, -0.15) is 5.10 Å². The maximum atomic E-state index is 12.2. The van der Waals surface area contributed by atoms with Crippen LogP contribution >= 0.6 is 27.5 Å². The molecular formula is C12H12BrClN4O. The Morgan fingerprint density at radius 3 is 2.84 bits per heavy atom. The average molecular weight is 344 g/mol. The number of benzene rings is 1. The first-order valence-electron chi connectivity index (χ1n) is 5.56. The van der Waals surface area contributed by atoms with Crippen LogP contribution < -0.4 is 0 Å². The molecule has 0 atom stereocenters. The Kier molecular flexibility index (Phi) is 4.21. The van der Waals surface area contributed by atoms with Crippen LogP contribution in [0.15, 0.2) is 22.7 Å². The van der Waals surface area contributed by atoms with Gasteiger partial charge in [-0.05, 0) is 41.1 Å². The molecule has 1 amide bonds. The maximum absolute atomic E-state index is 12.2. The third-order valence-electron chi connectivity index (χ3n) is 2.54. The first kappa shape index (κ1) is 14.0. The van der Waals surface area contributed by atoms with Crippen molar-refractivity contribution in [1.29, 1.82) is 0 Å². The van der Waals surface area contributed by atoms with Crippen LogP contribution in [0.25, 0.3) is 0 Å². The van der Waals surface area contributed by atoms with Gasteiger partial charge in [0.25, 0.3) is 5.91 Å². The number of rotatable bonds is 3. The van der Waals surface area contributed by atoms with Crippen molar-refractivity contribution in [3.05, 3.63) is 44.9 Å². The van der Waals surface area contributed by atoms with Gasteiger partial charge in [0.15, 0.2) is 5.82 Å². The van der Waals surface area contributed by atoms with E-state index in [1.165, 1.54) is 0 Å². The third-order valence-corrected chi connectivity index (χ3v) is 3.75. The number of hydrogen-bond acceptors (Lipinski definition) is 3. The number of aromatic amines is 1. The molecule has 0 fully saturated rings. The maximum Gasteiger partial charge on any atom is 0.254 e. The molecule has 0 unspecified atom stereocenters. The van der Waals surface area contributed by atoms with E-state index in [1.807, 2.05) is 6.92 Å². The number of halogens is 2. The molecule has 0 aliphatic rings. The number of aryl methyl sites for hydroxylation is 1. The van der Waals surface area contributed by atoms with E-state index in [1.54, 1.807) is 30.1 Å². The molecule has 0 bridgehead atoms. The molecule has 0 saturated heterocycles. The first-order chi connectivity index (χ1) is 8.97. The molecular weight excluding hydrogens is 332 g/mol. The summed E-state index contributed by atoms with van der Waals surface area (Å²) in [6.45, 7) is 2.16. The van der Waals surface area contributed by atoms with Gasteiger partial charge < -0.3 is 4.90 Å². The van der Waals surface area contributed by atoms with Crippen molar-refractivity contribution in [3.8, 4) is 0 Å². The van der Waals surface area contributed by atoms with Gasteiger partial charge in [0.1, 0.15) is 5.82 Å². The lowest BCUT2D eigenvalue weighted by Gasteiger charge is -2.15. The van der Waals surface area contributed by atoms with E-state index in [0.717, 1.165) is 5.82 Å². The summed E-state index contributed by atoms with van der Waals surface area (Å²) < 4.78 is 0.696. The van der Waals surface area contributed by atoms with Crippen molar-refractivity contribution in [3.63, 3.8) is 0 Å². The van der Waals surface area contributed by atoms with E-state index in [4.69, 9.17) is 11.6 Å². The molecule has 0 radical (unpaired) electrons. The van der Waals surface area contributed by atoms with Gasteiger partial charge in [-0.1, -0.05) is 11.6 Å². The molecule has 0 saturated carbocycles. The minimum Gasteiger partial charge on any atom is -0.334 e. The lowest BCUT2D eigenvalue weighted by Crippen LogP contribution is -2.26. The number of carbonyl (C=O) groups is 1. The quantitative estimate of drug-likeness (QED) is 0.932. The second-order valence-electron chi connectivity index (χ2n) is 4.13. The predicted molar refractivity (Wildman–Crippen MR) is 76.1 cm³/mol. The number of nitrogens with one attached hydrogen (secondary N) is 1. The second-order valence-corrected chi connectivity index (χ2v) is 5.39. The van der Waals surface area contributed by atoms with Gasteiger partial charge in [0, 0.05) is 17.1 Å². The monoisotopic (exact) mass is 342 g/mol. The van der Waals surface area contributed by atoms with Gasteiger partial charge in [-0.3, -0.25) is 9.89 Å². The van der Waals surface area contributed by atoms with Crippen LogP contribution in [0.4, 0.5) is 0 Å². The normalized spacial score (nSPS) is 10.5. The van der Waals surface area contributed by atoms with E-state index < -0.39 is 0 Å². The highest BCUT2D eigenvalue weighted by Gasteiger charge is 2.14. The van der Waals surface area contributed by atoms with Crippen molar-refractivity contribution in [2.24, 2.45) is 0 Å². The number of nitrogens with zero attached hydrogens (tertiary/aromatic N) is 3. The summed E-state index contributed by atoms with van der Waals surface area (Å²) in [7, 11) is 1.70. The summed E-state index contributed by atoms with van der Waals surface area (Å²) >= 11 is 9.20. The lowest BCUT2D eigenvalue weighted by molar-refractivity contribution is 0.0781. The molecule has 5 nitrogen and oxygen atoms in total. The van der Waals surface area contributed by atoms with Crippen molar-refractivity contribution < 1.29 is 4.79 Å². The van der Waals surface area contributed by atoms with Gasteiger partial charge >= 0.3 is 0 Å². The molecule has 2 aromatic rings. The summed E-state index contributed by atoms with van der Waals surface area (Å²) in [5, 5.41) is 7.32. The molecule has 1 heterocycles. The Balaban J connectivity index is 2.12. The van der Waals surface area contributed by atoms with Crippen LogP contribution in [0.1, 0.15) is 22.0 Å². The minimum absolute atomic E-state index is 0.111. The van der Waals surface area contributed by atoms with Gasteiger partial charge in [0.2, 0.25) is 0 Å². The highest BCUT2D eigenvalue weighted by Crippen LogP contribution is 2.23. The Bertz CT molecular complexity index is 614.